The molecule has 1 fully saturated rings. The molecular weight excluding hydrogens is 478 g/mol. The maximum Gasteiger partial charge on any atom is 0.303 e. The number of ether oxygens (including phenoxy) is 1. The smallest absolute Gasteiger partial charge is 0.303 e. The summed E-state index contributed by atoms with van der Waals surface area (Å²) in [5, 5.41) is 14.6. The number of ketones is 1. The van der Waals surface area contributed by atoms with Crippen LogP contribution in [0.3, 0.4) is 0 Å². The molecule has 2 N–H and O–H groups in total. The maximum atomic E-state index is 13.8. The van der Waals surface area contributed by atoms with E-state index in [1.807, 2.05) is 18.2 Å². The van der Waals surface area contributed by atoms with Crippen LogP contribution in [-0.4, -0.2) is 22.8 Å². The van der Waals surface area contributed by atoms with Gasteiger partial charge in [0.25, 0.3) is 5.91 Å². The van der Waals surface area contributed by atoms with Crippen LogP contribution < -0.4 is 10.1 Å². The molecule has 5 rings (SSSR count). The second-order valence-corrected chi connectivity index (χ2v) is 9.78. The van der Waals surface area contributed by atoms with Crippen LogP contribution in [0.1, 0.15) is 64.4 Å². The lowest BCUT2D eigenvalue weighted by molar-refractivity contribution is -0.137. The SMILES string of the molecule is CC(=O)c1ccccc1Oc1ccc(CCCC(=O)O)c(C(=O)NC2(c3cccc4ccccc34)CC2)c1. The van der Waals surface area contributed by atoms with Gasteiger partial charge in [-0.15, -0.1) is 0 Å². The molecule has 4 aromatic carbocycles. The fourth-order valence-corrected chi connectivity index (χ4v) is 4.97. The highest BCUT2D eigenvalue weighted by atomic mass is 16.5. The topological polar surface area (TPSA) is 92.7 Å². The number of nitrogens with one attached hydrogen (secondary N) is 1. The molecule has 1 amide bonds. The van der Waals surface area contributed by atoms with E-state index in [1.54, 1.807) is 42.5 Å². The second kappa shape index (κ2) is 10.5. The number of aryl methyl sites for hydroxylation is 1. The van der Waals surface area contributed by atoms with E-state index in [2.05, 4.69) is 29.6 Å². The Morgan fingerprint density at radius 2 is 1.63 bits per heavy atom. The van der Waals surface area contributed by atoms with Crippen molar-refractivity contribution >= 4 is 28.4 Å². The number of benzene rings is 4. The van der Waals surface area contributed by atoms with Gasteiger partial charge in [-0.2, -0.15) is 0 Å². The quantitative estimate of drug-likeness (QED) is 0.234. The van der Waals surface area contributed by atoms with Crippen LogP contribution in [0.5, 0.6) is 11.5 Å². The number of Topliss-reactive ketones (excluding diaryl/α,β-unsaturated/α-hetero) is 1. The van der Waals surface area contributed by atoms with Crippen molar-refractivity contribution < 1.29 is 24.2 Å². The number of para-hydroxylation sites is 1. The van der Waals surface area contributed by atoms with Gasteiger partial charge in [0.1, 0.15) is 11.5 Å². The third-order valence-electron chi connectivity index (χ3n) is 7.06. The Morgan fingerprint density at radius 3 is 2.39 bits per heavy atom. The number of rotatable bonds is 10. The third kappa shape index (κ3) is 5.30. The Hall–Kier alpha value is -4.45. The van der Waals surface area contributed by atoms with Gasteiger partial charge in [-0.25, -0.2) is 0 Å². The number of carbonyl (C=O) groups excluding carboxylic acids is 2. The molecule has 0 heterocycles. The van der Waals surface area contributed by atoms with Crippen molar-refractivity contribution in [3.05, 3.63) is 107 Å². The van der Waals surface area contributed by atoms with Gasteiger partial charge in [-0.05, 0) is 78.8 Å². The molecule has 0 aromatic heterocycles. The highest BCUT2D eigenvalue weighted by molar-refractivity contribution is 5.98. The van der Waals surface area contributed by atoms with E-state index in [0.717, 1.165) is 34.7 Å². The Labute approximate surface area is 221 Å². The minimum Gasteiger partial charge on any atom is -0.481 e. The van der Waals surface area contributed by atoms with Gasteiger partial charge in [-0.1, -0.05) is 60.7 Å². The van der Waals surface area contributed by atoms with E-state index in [4.69, 9.17) is 9.84 Å². The molecule has 1 aliphatic carbocycles. The predicted molar refractivity (Wildman–Crippen MR) is 146 cm³/mol. The van der Waals surface area contributed by atoms with E-state index in [0.29, 0.717) is 35.5 Å². The molecule has 4 aromatic rings. The Bertz CT molecular complexity index is 1530. The Morgan fingerprint density at radius 1 is 0.895 bits per heavy atom. The van der Waals surface area contributed by atoms with E-state index in [1.165, 1.54) is 6.92 Å². The molecule has 6 heteroatoms. The molecule has 0 radical (unpaired) electrons. The van der Waals surface area contributed by atoms with Crippen molar-refractivity contribution in [2.45, 2.75) is 44.6 Å². The number of hydrogen-bond donors (Lipinski definition) is 2. The first-order chi connectivity index (χ1) is 18.4. The number of amides is 1. The summed E-state index contributed by atoms with van der Waals surface area (Å²) in [4.78, 5) is 36.9. The summed E-state index contributed by atoms with van der Waals surface area (Å²) in [5.74, 6) is -0.370. The largest absolute Gasteiger partial charge is 0.481 e. The number of hydrogen-bond acceptors (Lipinski definition) is 4. The lowest BCUT2D eigenvalue weighted by Gasteiger charge is -2.21. The summed E-state index contributed by atoms with van der Waals surface area (Å²) >= 11 is 0. The van der Waals surface area contributed by atoms with Crippen molar-refractivity contribution in [2.75, 3.05) is 0 Å². The first kappa shape index (κ1) is 25.2. The van der Waals surface area contributed by atoms with E-state index in [9.17, 15) is 14.4 Å². The van der Waals surface area contributed by atoms with Crippen LogP contribution >= 0.6 is 0 Å². The molecule has 0 atom stereocenters. The monoisotopic (exact) mass is 507 g/mol. The first-order valence-electron chi connectivity index (χ1n) is 12.8. The highest BCUT2D eigenvalue weighted by Gasteiger charge is 2.46. The van der Waals surface area contributed by atoms with Crippen molar-refractivity contribution in [2.24, 2.45) is 0 Å². The summed E-state index contributed by atoms with van der Waals surface area (Å²) in [7, 11) is 0. The molecular formula is C32H29NO5. The van der Waals surface area contributed by atoms with Crippen LogP contribution in [0.4, 0.5) is 0 Å². The molecule has 0 saturated heterocycles. The fraction of sp³-hybridized carbons (Fsp3) is 0.219. The van der Waals surface area contributed by atoms with Gasteiger partial charge in [-0.3, -0.25) is 14.4 Å². The van der Waals surface area contributed by atoms with E-state index in [-0.39, 0.29) is 18.1 Å². The highest BCUT2D eigenvalue weighted by Crippen LogP contribution is 2.48. The van der Waals surface area contributed by atoms with Gasteiger partial charge < -0.3 is 15.2 Å². The molecule has 0 bridgehead atoms. The fourth-order valence-electron chi connectivity index (χ4n) is 4.97. The predicted octanol–water partition coefficient (Wildman–Crippen LogP) is 6.66. The van der Waals surface area contributed by atoms with Crippen molar-refractivity contribution in [1.29, 1.82) is 0 Å². The van der Waals surface area contributed by atoms with Crippen molar-refractivity contribution in [3.63, 3.8) is 0 Å². The van der Waals surface area contributed by atoms with Gasteiger partial charge >= 0.3 is 5.97 Å². The zero-order valence-electron chi connectivity index (χ0n) is 21.2. The van der Waals surface area contributed by atoms with E-state index >= 15 is 0 Å². The van der Waals surface area contributed by atoms with Gasteiger partial charge in [0.15, 0.2) is 5.78 Å². The number of aliphatic carboxylic acids is 1. The lowest BCUT2D eigenvalue weighted by atomic mass is 9.95. The summed E-state index contributed by atoms with van der Waals surface area (Å²) < 4.78 is 6.05. The maximum absolute atomic E-state index is 13.8. The van der Waals surface area contributed by atoms with Crippen LogP contribution in [-0.2, 0) is 16.8 Å². The third-order valence-corrected chi connectivity index (χ3v) is 7.06. The normalized spacial score (nSPS) is 13.6. The molecule has 6 nitrogen and oxygen atoms in total. The van der Waals surface area contributed by atoms with Crippen LogP contribution in [0.25, 0.3) is 10.8 Å². The summed E-state index contributed by atoms with van der Waals surface area (Å²) in [6, 6.07) is 26.5. The van der Waals surface area contributed by atoms with Gasteiger partial charge in [0.05, 0.1) is 11.1 Å². The second-order valence-electron chi connectivity index (χ2n) is 9.78. The van der Waals surface area contributed by atoms with Crippen LogP contribution in [0.15, 0.2) is 84.9 Å². The van der Waals surface area contributed by atoms with Gasteiger partial charge in [0.2, 0.25) is 0 Å². The van der Waals surface area contributed by atoms with Crippen molar-refractivity contribution in [3.8, 4) is 11.5 Å². The zero-order valence-corrected chi connectivity index (χ0v) is 21.2. The average molecular weight is 508 g/mol. The summed E-state index contributed by atoms with van der Waals surface area (Å²) in [5.41, 5.74) is 2.30. The molecule has 0 unspecified atom stereocenters. The molecule has 38 heavy (non-hydrogen) atoms. The number of carbonyl (C=O) groups is 3. The molecule has 0 aliphatic heterocycles. The molecule has 192 valence electrons. The average Bonchev–Trinajstić information content (AvgIpc) is 3.69. The van der Waals surface area contributed by atoms with Crippen LogP contribution in [0, 0.1) is 0 Å². The molecule has 1 aliphatic rings. The molecule has 0 spiro atoms. The van der Waals surface area contributed by atoms with Gasteiger partial charge in [0, 0.05) is 12.0 Å². The van der Waals surface area contributed by atoms with E-state index < -0.39 is 11.5 Å². The minimum atomic E-state index is -0.871. The van der Waals surface area contributed by atoms with Crippen molar-refractivity contribution in [1.82, 2.24) is 5.32 Å². The number of fused-ring (bicyclic) bond motifs is 1. The number of carboxylic acid groups (broad SMARTS) is 1. The lowest BCUT2D eigenvalue weighted by Crippen LogP contribution is -2.35. The Balaban J connectivity index is 1.46. The minimum absolute atomic E-state index is 0.0191. The van der Waals surface area contributed by atoms with Crippen LogP contribution in [0.2, 0.25) is 0 Å². The standard InChI is InChI=1S/C32H29NO5/c1-21(34)25-11-4-5-14-29(25)38-24-17-16-23(10-7-15-30(35)36)27(20-24)31(37)33-32(18-19-32)28-13-6-9-22-8-2-3-12-26(22)28/h2-6,8-9,11-14,16-17,20H,7,10,15,18-19H2,1H3,(H,33,37)(H,35,36). The Kier molecular flexibility index (Phi) is 6.97. The first-order valence-corrected chi connectivity index (χ1v) is 12.8. The number of carboxylic acids is 1. The summed E-state index contributed by atoms with van der Waals surface area (Å²) in [6.45, 7) is 1.48. The molecule has 1 saturated carbocycles. The zero-order chi connectivity index (χ0) is 26.7. The summed E-state index contributed by atoms with van der Waals surface area (Å²) in [6.07, 6.45) is 2.55.